The smallest absolute Gasteiger partial charge is 0.142 e. The van der Waals surface area contributed by atoms with Crippen LogP contribution in [0.3, 0.4) is 0 Å². The molecule has 0 saturated carbocycles. The maximum atomic E-state index is 14.5. The fraction of sp³-hybridized carbons (Fsp3) is 0.217. The van der Waals surface area contributed by atoms with Crippen LogP contribution < -0.4 is 0 Å². The van der Waals surface area contributed by atoms with Crippen LogP contribution in [0, 0.1) is 11.6 Å². The maximum Gasteiger partial charge on any atom is 0.142 e. The summed E-state index contributed by atoms with van der Waals surface area (Å²) in [7, 11) is 0. The van der Waals surface area contributed by atoms with Crippen molar-refractivity contribution >= 4 is 11.6 Å². The van der Waals surface area contributed by atoms with Crippen LogP contribution in [0.25, 0.3) is 22.3 Å². The van der Waals surface area contributed by atoms with Crippen LogP contribution in [0.15, 0.2) is 60.7 Å². The number of unbranched alkanes of at least 4 members (excludes halogenated alkanes) is 2. The molecule has 0 amide bonds. The molecule has 0 unspecified atom stereocenters. The lowest BCUT2D eigenvalue weighted by Crippen LogP contribution is -1.90. The quantitative estimate of drug-likeness (QED) is 0.390. The topological polar surface area (TPSA) is 0 Å². The zero-order valence-corrected chi connectivity index (χ0v) is 15.5. The monoisotopic (exact) mass is 370 g/mol. The molecule has 0 heterocycles. The lowest BCUT2D eigenvalue weighted by atomic mass is 9.98. The Bertz CT molecular complexity index is 885. The molecular weight excluding hydrogens is 350 g/mol. The molecule has 3 aromatic carbocycles. The summed E-state index contributed by atoms with van der Waals surface area (Å²) < 4.78 is 28.1. The first-order valence-electron chi connectivity index (χ1n) is 8.93. The Kier molecular flexibility index (Phi) is 6.05. The first-order chi connectivity index (χ1) is 12.6. The minimum atomic E-state index is -0.446. The van der Waals surface area contributed by atoms with E-state index in [0.717, 1.165) is 47.9 Å². The summed E-state index contributed by atoms with van der Waals surface area (Å²) in [4.78, 5) is 0. The molecular formula is C23H21ClF2. The molecule has 134 valence electrons. The average Bonchev–Trinajstić information content (AvgIpc) is 2.65. The van der Waals surface area contributed by atoms with Crippen molar-refractivity contribution in [1.82, 2.24) is 0 Å². The van der Waals surface area contributed by atoms with Gasteiger partial charge in [-0.05, 0) is 53.3 Å². The molecule has 0 aliphatic heterocycles. The number of rotatable bonds is 6. The Morgan fingerprint density at radius 1 is 0.731 bits per heavy atom. The van der Waals surface area contributed by atoms with Crippen molar-refractivity contribution < 1.29 is 8.78 Å². The predicted octanol–water partition coefficient (Wildman–Crippen LogP) is 7.68. The SMILES string of the molecule is CCCCCc1ccc(-c2ccc(-c3ccc(Cl)c(F)c3)cc2)c(F)c1. The molecule has 26 heavy (non-hydrogen) atoms. The van der Waals surface area contributed by atoms with Gasteiger partial charge in [0.15, 0.2) is 0 Å². The van der Waals surface area contributed by atoms with Crippen molar-refractivity contribution in [3.05, 3.63) is 82.9 Å². The van der Waals surface area contributed by atoms with E-state index in [4.69, 9.17) is 11.6 Å². The summed E-state index contributed by atoms with van der Waals surface area (Å²) in [6.45, 7) is 2.16. The van der Waals surface area contributed by atoms with Gasteiger partial charge in [-0.25, -0.2) is 8.78 Å². The van der Waals surface area contributed by atoms with Crippen molar-refractivity contribution in [2.45, 2.75) is 32.6 Å². The van der Waals surface area contributed by atoms with Gasteiger partial charge in [-0.2, -0.15) is 0 Å². The summed E-state index contributed by atoms with van der Waals surface area (Å²) in [5, 5.41) is 0.103. The highest BCUT2D eigenvalue weighted by atomic mass is 35.5. The fourth-order valence-corrected chi connectivity index (χ4v) is 3.16. The summed E-state index contributed by atoms with van der Waals surface area (Å²) in [6.07, 6.45) is 4.31. The van der Waals surface area contributed by atoms with Crippen LogP contribution in [0.5, 0.6) is 0 Å². The Hall–Kier alpha value is -2.19. The average molecular weight is 371 g/mol. The van der Waals surface area contributed by atoms with Crippen LogP contribution >= 0.6 is 11.6 Å². The fourth-order valence-electron chi connectivity index (χ4n) is 3.05. The summed E-state index contributed by atoms with van der Waals surface area (Å²) in [6, 6.07) is 17.6. The molecule has 0 saturated heterocycles. The van der Waals surface area contributed by atoms with Crippen molar-refractivity contribution in [3.63, 3.8) is 0 Å². The van der Waals surface area contributed by atoms with Gasteiger partial charge in [0.1, 0.15) is 11.6 Å². The zero-order chi connectivity index (χ0) is 18.5. The normalized spacial score (nSPS) is 10.9. The molecule has 0 atom stereocenters. The second-order valence-electron chi connectivity index (χ2n) is 6.48. The van der Waals surface area contributed by atoms with E-state index in [1.807, 2.05) is 36.4 Å². The molecule has 3 heteroatoms. The second kappa shape index (κ2) is 8.46. The molecule has 0 aliphatic rings. The highest BCUT2D eigenvalue weighted by Crippen LogP contribution is 2.29. The molecule has 0 N–H and O–H groups in total. The Labute approximate surface area is 158 Å². The third-order valence-corrected chi connectivity index (χ3v) is 4.86. The van der Waals surface area contributed by atoms with Gasteiger partial charge in [-0.15, -0.1) is 0 Å². The Morgan fingerprint density at radius 3 is 2.08 bits per heavy atom. The number of hydrogen-bond acceptors (Lipinski definition) is 0. The molecule has 0 fully saturated rings. The van der Waals surface area contributed by atoms with Crippen LogP contribution in [0.2, 0.25) is 5.02 Å². The number of aryl methyl sites for hydroxylation is 1. The summed E-state index contributed by atoms with van der Waals surface area (Å²) in [5.41, 5.74) is 4.03. The van der Waals surface area contributed by atoms with Gasteiger partial charge < -0.3 is 0 Å². The lowest BCUT2D eigenvalue weighted by Gasteiger charge is -2.08. The Morgan fingerprint density at radius 2 is 1.42 bits per heavy atom. The van der Waals surface area contributed by atoms with E-state index in [2.05, 4.69) is 6.92 Å². The van der Waals surface area contributed by atoms with Gasteiger partial charge in [-0.3, -0.25) is 0 Å². The van der Waals surface area contributed by atoms with E-state index in [9.17, 15) is 8.78 Å². The minimum absolute atomic E-state index is 0.103. The van der Waals surface area contributed by atoms with Gasteiger partial charge in [0.25, 0.3) is 0 Å². The molecule has 0 aliphatic carbocycles. The lowest BCUT2D eigenvalue weighted by molar-refractivity contribution is 0.626. The van der Waals surface area contributed by atoms with E-state index in [-0.39, 0.29) is 10.8 Å². The van der Waals surface area contributed by atoms with E-state index in [1.165, 1.54) is 12.1 Å². The van der Waals surface area contributed by atoms with Crippen molar-refractivity contribution in [2.75, 3.05) is 0 Å². The van der Waals surface area contributed by atoms with Crippen LogP contribution in [0.4, 0.5) is 8.78 Å². The van der Waals surface area contributed by atoms with E-state index in [0.29, 0.717) is 5.56 Å². The van der Waals surface area contributed by atoms with Crippen LogP contribution in [-0.4, -0.2) is 0 Å². The van der Waals surface area contributed by atoms with E-state index < -0.39 is 5.82 Å². The molecule has 3 rings (SSSR count). The predicted molar refractivity (Wildman–Crippen MR) is 105 cm³/mol. The van der Waals surface area contributed by atoms with Gasteiger partial charge in [0.2, 0.25) is 0 Å². The highest BCUT2D eigenvalue weighted by Gasteiger charge is 2.08. The third-order valence-electron chi connectivity index (χ3n) is 4.55. The van der Waals surface area contributed by atoms with Crippen molar-refractivity contribution in [1.29, 1.82) is 0 Å². The standard InChI is InChI=1S/C23H21ClF2/c1-2-3-4-5-16-6-12-20(22(25)14-16)18-9-7-17(8-10-18)19-11-13-21(24)23(26)15-19/h6-15H,2-5H2,1H3. The highest BCUT2D eigenvalue weighted by molar-refractivity contribution is 6.30. The zero-order valence-electron chi connectivity index (χ0n) is 14.7. The van der Waals surface area contributed by atoms with Gasteiger partial charge in [-0.1, -0.05) is 73.8 Å². The van der Waals surface area contributed by atoms with E-state index in [1.54, 1.807) is 12.1 Å². The van der Waals surface area contributed by atoms with Gasteiger partial charge in [0.05, 0.1) is 5.02 Å². The summed E-state index contributed by atoms with van der Waals surface area (Å²) in [5.74, 6) is -0.651. The molecule has 3 aromatic rings. The molecule has 0 spiro atoms. The van der Waals surface area contributed by atoms with Crippen LogP contribution in [-0.2, 0) is 6.42 Å². The van der Waals surface area contributed by atoms with Crippen molar-refractivity contribution in [3.8, 4) is 22.3 Å². The molecule has 0 bridgehead atoms. The second-order valence-corrected chi connectivity index (χ2v) is 6.88. The third kappa shape index (κ3) is 4.31. The first kappa shape index (κ1) is 18.6. The van der Waals surface area contributed by atoms with Crippen molar-refractivity contribution in [2.24, 2.45) is 0 Å². The number of benzene rings is 3. The Balaban J connectivity index is 1.80. The van der Waals surface area contributed by atoms with Crippen LogP contribution in [0.1, 0.15) is 31.7 Å². The van der Waals surface area contributed by atoms with Gasteiger partial charge in [0, 0.05) is 5.56 Å². The number of halogens is 3. The maximum absolute atomic E-state index is 14.5. The first-order valence-corrected chi connectivity index (χ1v) is 9.30. The molecule has 0 nitrogen and oxygen atoms in total. The summed E-state index contributed by atoms with van der Waals surface area (Å²) >= 11 is 5.73. The minimum Gasteiger partial charge on any atom is -0.206 e. The van der Waals surface area contributed by atoms with E-state index >= 15 is 0 Å². The number of hydrogen-bond donors (Lipinski definition) is 0. The molecule has 0 aromatic heterocycles. The van der Waals surface area contributed by atoms with Gasteiger partial charge >= 0.3 is 0 Å². The molecule has 0 radical (unpaired) electrons. The largest absolute Gasteiger partial charge is 0.206 e.